The molecule has 0 amide bonds. The van der Waals surface area contributed by atoms with Gasteiger partial charge in [-0.2, -0.15) is 5.26 Å². The first-order valence-corrected chi connectivity index (χ1v) is 6.43. The SMILES string of the molecule is CCC(Nc1nccc(C)c1C#N)c1ccccc1. The van der Waals surface area contributed by atoms with Crippen molar-refractivity contribution in [3.05, 3.63) is 59.3 Å². The number of rotatable bonds is 4. The second-order valence-corrected chi connectivity index (χ2v) is 4.48. The van der Waals surface area contributed by atoms with E-state index in [1.54, 1.807) is 6.20 Å². The molecule has 3 heteroatoms. The van der Waals surface area contributed by atoms with Crippen molar-refractivity contribution in [2.75, 3.05) is 5.32 Å². The van der Waals surface area contributed by atoms with E-state index in [2.05, 4.69) is 35.4 Å². The third-order valence-corrected chi connectivity index (χ3v) is 3.19. The molecule has 0 aliphatic carbocycles. The molecule has 0 fully saturated rings. The van der Waals surface area contributed by atoms with E-state index in [4.69, 9.17) is 0 Å². The molecule has 2 aromatic rings. The topological polar surface area (TPSA) is 48.7 Å². The summed E-state index contributed by atoms with van der Waals surface area (Å²) in [6, 6.07) is 14.5. The van der Waals surface area contributed by atoms with Crippen LogP contribution < -0.4 is 5.32 Å². The van der Waals surface area contributed by atoms with Crippen LogP contribution in [0.25, 0.3) is 0 Å². The zero-order chi connectivity index (χ0) is 13.7. The lowest BCUT2D eigenvalue weighted by Crippen LogP contribution is -2.12. The monoisotopic (exact) mass is 251 g/mol. The molecule has 1 N–H and O–H groups in total. The van der Waals surface area contributed by atoms with Gasteiger partial charge in [-0.3, -0.25) is 0 Å². The van der Waals surface area contributed by atoms with E-state index in [9.17, 15) is 5.26 Å². The Labute approximate surface area is 113 Å². The fourth-order valence-electron chi connectivity index (χ4n) is 2.08. The minimum Gasteiger partial charge on any atom is -0.362 e. The highest BCUT2D eigenvalue weighted by Crippen LogP contribution is 2.24. The molecule has 0 saturated heterocycles. The molecule has 1 atom stereocenters. The molecule has 1 aromatic heterocycles. The van der Waals surface area contributed by atoms with Crippen LogP contribution in [0.15, 0.2) is 42.6 Å². The first-order valence-electron chi connectivity index (χ1n) is 6.43. The Hall–Kier alpha value is -2.34. The summed E-state index contributed by atoms with van der Waals surface area (Å²) in [6.07, 6.45) is 2.67. The van der Waals surface area contributed by atoms with Crippen LogP contribution in [0.4, 0.5) is 5.82 Å². The normalized spacial score (nSPS) is 11.6. The molecule has 0 bridgehead atoms. The average Bonchev–Trinajstić information content (AvgIpc) is 2.46. The van der Waals surface area contributed by atoms with Crippen LogP contribution in [-0.4, -0.2) is 4.98 Å². The lowest BCUT2D eigenvalue weighted by atomic mass is 10.0. The van der Waals surface area contributed by atoms with Gasteiger partial charge in [-0.05, 0) is 30.5 Å². The molecule has 0 aliphatic rings. The van der Waals surface area contributed by atoms with Gasteiger partial charge < -0.3 is 5.32 Å². The van der Waals surface area contributed by atoms with Gasteiger partial charge in [-0.1, -0.05) is 37.3 Å². The molecule has 3 nitrogen and oxygen atoms in total. The first kappa shape index (κ1) is 13.1. The summed E-state index contributed by atoms with van der Waals surface area (Å²) in [6.45, 7) is 4.04. The van der Waals surface area contributed by atoms with Crippen molar-refractivity contribution >= 4 is 5.82 Å². The number of nitrogens with zero attached hydrogens (tertiary/aromatic N) is 2. The van der Waals surface area contributed by atoms with Crippen LogP contribution in [0.1, 0.15) is 36.1 Å². The molecule has 1 unspecified atom stereocenters. The molecule has 0 radical (unpaired) electrons. The molecule has 19 heavy (non-hydrogen) atoms. The third kappa shape index (κ3) is 2.92. The summed E-state index contributed by atoms with van der Waals surface area (Å²) in [5.41, 5.74) is 2.77. The quantitative estimate of drug-likeness (QED) is 0.898. The summed E-state index contributed by atoms with van der Waals surface area (Å²) >= 11 is 0. The van der Waals surface area contributed by atoms with Crippen LogP contribution in [0, 0.1) is 18.3 Å². The van der Waals surface area contributed by atoms with E-state index < -0.39 is 0 Å². The molecular formula is C16H17N3. The zero-order valence-electron chi connectivity index (χ0n) is 11.2. The molecule has 0 spiro atoms. The van der Waals surface area contributed by atoms with Crippen molar-refractivity contribution in [1.82, 2.24) is 4.98 Å². The van der Waals surface area contributed by atoms with Crippen molar-refractivity contribution in [3.63, 3.8) is 0 Å². The predicted octanol–water partition coefficient (Wildman–Crippen LogP) is 3.82. The molecule has 0 saturated carbocycles. The van der Waals surface area contributed by atoms with Gasteiger partial charge in [-0.15, -0.1) is 0 Å². The molecule has 1 heterocycles. The minimum atomic E-state index is 0.169. The van der Waals surface area contributed by atoms with E-state index >= 15 is 0 Å². The Morgan fingerprint density at radius 2 is 2.00 bits per heavy atom. The van der Waals surface area contributed by atoms with E-state index in [1.165, 1.54) is 5.56 Å². The van der Waals surface area contributed by atoms with Crippen LogP contribution in [-0.2, 0) is 0 Å². The van der Waals surface area contributed by atoms with E-state index in [0.717, 1.165) is 12.0 Å². The van der Waals surface area contributed by atoms with Gasteiger partial charge in [-0.25, -0.2) is 4.98 Å². The molecule has 2 rings (SSSR count). The number of anilines is 1. The lowest BCUT2D eigenvalue weighted by molar-refractivity contribution is 0.744. The Bertz CT molecular complexity index is 585. The Morgan fingerprint density at radius 3 is 2.63 bits per heavy atom. The van der Waals surface area contributed by atoms with Crippen molar-refractivity contribution in [2.45, 2.75) is 26.3 Å². The largest absolute Gasteiger partial charge is 0.362 e. The number of pyridine rings is 1. The fourth-order valence-corrected chi connectivity index (χ4v) is 2.08. The van der Waals surface area contributed by atoms with Gasteiger partial charge in [0.15, 0.2) is 0 Å². The second-order valence-electron chi connectivity index (χ2n) is 4.48. The van der Waals surface area contributed by atoms with Crippen LogP contribution >= 0.6 is 0 Å². The number of nitriles is 1. The first-order chi connectivity index (χ1) is 9.26. The summed E-state index contributed by atoms with van der Waals surface area (Å²) in [7, 11) is 0. The van der Waals surface area contributed by atoms with Crippen molar-refractivity contribution in [2.24, 2.45) is 0 Å². The average molecular weight is 251 g/mol. The summed E-state index contributed by atoms with van der Waals surface area (Å²) in [5, 5.41) is 12.6. The number of hydrogen-bond acceptors (Lipinski definition) is 3. The number of hydrogen-bond donors (Lipinski definition) is 1. The van der Waals surface area contributed by atoms with Gasteiger partial charge in [0.05, 0.1) is 11.6 Å². The Kier molecular flexibility index (Phi) is 4.15. The number of aromatic nitrogens is 1. The number of nitrogens with one attached hydrogen (secondary N) is 1. The van der Waals surface area contributed by atoms with Gasteiger partial charge in [0.2, 0.25) is 0 Å². The summed E-state index contributed by atoms with van der Waals surface area (Å²) < 4.78 is 0. The van der Waals surface area contributed by atoms with Gasteiger partial charge in [0.25, 0.3) is 0 Å². The Balaban J connectivity index is 2.30. The maximum Gasteiger partial charge on any atom is 0.144 e. The third-order valence-electron chi connectivity index (χ3n) is 3.19. The maximum absolute atomic E-state index is 9.23. The summed E-state index contributed by atoms with van der Waals surface area (Å²) in [4.78, 5) is 4.29. The van der Waals surface area contributed by atoms with E-state index in [1.807, 2.05) is 31.2 Å². The van der Waals surface area contributed by atoms with Crippen LogP contribution in [0.5, 0.6) is 0 Å². The highest BCUT2D eigenvalue weighted by atomic mass is 15.0. The highest BCUT2D eigenvalue weighted by molar-refractivity contribution is 5.56. The van der Waals surface area contributed by atoms with E-state index in [0.29, 0.717) is 11.4 Å². The highest BCUT2D eigenvalue weighted by Gasteiger charge is 2.13. The predicted molar refractivity (Wildman–Crippen MR) is 76.8 cm³/mol. The molecular weight excluding hydrogens is 234 g/mol. The lowest BCUT2D eigenvalue weighted by Gasteiger charge is -2.19. The van der Waals surface area contributed by atoms with Gasteiger partial charge in [0.1, 0.15) is 11.9 Å². The fraction of sp³-hybridized carbons (Fsp3) is 0.250. The van der Waals surface area contributed by atoms with Crippen molar-refractivity contribution in [1.29, 1.82) is 5.26 Å². The maximum atomic E-state index is 9.23. The molecule has 96 valence electrons. The second kappa shape index (κ2) is 6.01. The number of benzene rings is 1. The zero-order valence-corrected chi connectivity index (χ0v) is 11.2. The van der Waals surface area contributed by atoms with E-state index in [-0.39, 0.29) is 6.04 Å². The van der Waals surface area contributed by atoms with Crippen molar-refractivity contribution in [3.8, 4) is 6.07 Å². The van der Waals surface area contributed by atoms with Crippen molar-refractivity contribution < 1.29 is 0 Å². The summed E-state index contributed by atoms with van der Waals surface area (Å²) in [5.74, 6) is 0.665. The number of aryl methyl sites for hydroxylation is 1. The smallest absolute Gasteiger partial charge is 0.144 e. The van der Waals surface area contributed by atoms with Crippen LogP contribution in [0.3, 0.4) is 0 Å². The van der Waals surface area contributed by atoms with Gasteiger partial charge in [0, 0.05) is 6.20 Å². The minimum absolute atomic E-state index is 0.169. The molecule has 1 aromatic carbocycles. The molecule has 0 aliphatic heterocycles. The Morgan fingerprint density at radius 1 is 1.26 bits per heavy atom. The van der Waals surface area contributed by atoms with Gasteiger partial charge >= 0.3 is 0 Å². The standard InChI is InChI=1S/C16H17N3/c1-3-15(13-7-5-4-6-8-13)19-16-14(11-17)12(2)9-10-18-16/h4-10,15H,3H2,1-2H3,(H,18,19). The van der Waals surface area contributed by atoms with Crippen LogP contribution in [0.2, 0.25) is 0 Å².